The molecule has 0 aromatic carbocycles. The van der Waals surface area contributed by atoms with Gasteiger partial charge in [-0.1, -0.05) is 0 Å². The lowest BCUT2D eigenvalue weighted by Gasteiger charge is -2.58. The number of hydrogen-bond donors (Lipinski definition) is 3. The van der Waals surface area contributed by atoms with E-state index in [4.69, 9.17) is 4.74 Å². The zero-order valence-electron chi connectivity index (χ0n) is 15.1. The topological polar surface area (TPSA) is 105 Å². The van der Waals surface area contributed by atoms with E-state index in [0.29, 0.717) is 18.3 Å². The average Bonchev–Trinajstić information content (AvgIpc) is 2.43. The summed E-state index contributed by atoms with van der Waals surface area (Å²) in [6.45, 7) is 5.03. The van der Waals surface area contributed by atoms with Crippen molar-refractivity contribution < 1.29 is 24.2 Å². The van der Waals surface area contributed by atoms with E-state index in [1.807, 2.05) is 0 Å². The van der Waals surface area contributed by atoms with E-state index in [1.54, 1.807) is 13.8 Å². The first kappa shape index (κ1) is 18.2. The van der Waals surface area contributed by atoms with E-state index >= 15 is 0 Å². The van der Waals surface area contributed by atoms with Crippen LogP contribution in [0.25, 0.3) is 0 Å². The van der Waals surface area contributed by atoms with Crippen LogP contribution in [0.4, 0.5) is 4.79 Å². The number of urea groups is 1. The highest BCUT2D eigenvalue weighted by Crippen LogP contribution is 2.62. The quantitative estimate of drug-likeness (QED) is 0.665. The maximum atomic E-state index is 12.8. The summed E-state index contributed by atoms with van der Waals surface area (Å²) in [5.41, 5.74) is -1.43. The van der Waals surface area contributed by atoms with Crippen molar-refractivity contribution in [1.29, 1.82) is 0 Å². The summed E-state index contributed by atoms with van der Waals surface area (Å²) in [6.07, 6.45) is 3.44. The van der Waals surface area contributed by atoms with E-state index < -0.39 is 35.0 Å². The number of hydrogen-bond acceptors (Lipinski definition) is 5. The van der Waals surface area contributed by atoms with Gasteiger partial charge >= 0.3 is 12.0 Å². The largest absolute Gasteiger partial charge is 0.452 e. The Labute approximate surface area is 147 Å². The Kier molecular flexibility index (Phi) is 4.56. The Morgan fingerprint density at radius 3 is 2.20 bits per heavy atom. The number of rotatable bonds is 4. The Hall–Kier alpha value is -1.63. The maximum Gasteiger partial charge on any atom is 0.321 e. The maximum absolute atomic E-state index is 12.8. The number of ether oxygens (including phenoxy) is 1. The van der Waals surface area contributed by atoms with Crippen LogP contribution >= 0.6 is 0 Å². The van der Waals surface area contributed by atoms with Crippen LogP contribution in [0.3, 0.4) is 0 Å². The molecule has 0 aliphatic heterocycles. The van der Waals surface area contributed by atoms with Crippen molar-refractivity contribution in [3.05, 3.63) is 0 Å². The zero-order chi connectivity index (χ0) is 18.4. The second-order valence-electron chi connectivity index (χ2n) is 8.63. The monoisotopic (exact) mass is 352 g/mol. The van der Waals surface area contributed by atoms with Crippen LogP contribution in [-0.4, -0.2) is 40.8 Å². The molecular weight excluding hydrogens is 324 g/mol. The van der Waals surface area contributed by atoms with Gasteiger partial charge in [0, 0.05) is 6.04 Å². The summed E-state index contributed by atoms with van der Waals surface area (Å²) in [4.78, 5) is 36.5. The molecule has 4 aliphatic carbocycles. The molecule has 4 rings (SSSR count). The van der Waals surface area contributed by atoms with Crippen LogP contribution in [0, 0.1) is 17.3 Å². The van der Waals surface area contributed by atoms with Crippen molar-refractivity contribution in [2.24, 2.45) is 17.3 Å². The molecule has 25 heavy (non-hydrogen) atoms. The molecule has 140 valence electrons. The van der Waals surface area contributed by atoms with E-state index in [0.717, 1.165) is 32.1 Å². The van der Waals surface area contributed by atoms with Crippen LogP contribution in [0.2, 0.25) is 0 Å². The van der Waals surface area contributed by atoms with Gasteiger partial charge in [0.2, 0.25) is 0 Å². The Morgan fingerprint density at radius 2 is 1.68 bits per heavy atom. The first-order chi connectivity index (χ1) is 11.6. The fourth-order valence-electron chi connectivity index (χ4n) is 5.30. The molecule has 7 heteroatoms. The molecule has 3 amide bonds. The smallest absolute Gasteiger partial charge is 0.321 e. The summed E-state index contributed by atoms with van der Waals surface area (Å²) in [5, 5.41) is 15.5. The molecule has 5 atom stereocenters. The number of nitrogens with one attached hydrogen (secondary N) is 2. The van der Waals surface area contributed by atoms with Gasteiger partial charge in [0.05, 0.1) is 11.0 Å². The number of carbonyl (C=O) groups excluding carboxylic acids is 3. The number of carbonyl (C=O) groups is 3. The normalized spacial score (nSPS) is 36.8. The predicted octanol–water partition coefficient (Wildman–Crippen LogP) is 1.48. The molecule has 0 spiro atoms. The predicted molar refractivity (Wildman–Crippen MR) is 89.4 cm³/mol. The Bertz CT molecular complexity index is 574. The second-order valence-corrected chi connectivity index (χ2v) is 8.63. The van der Waals surface area contributed by atoms with E-state index in [9.17, 15) is 19.5 Å². The average molecular weight is 352 g/mol. The molecule has 0 aromatic heterocycles. The molecule has 4 saturated carbocycles. The highest BCUT2D eigenvalue weighted by atomic mass is 16.5. The molecule has 0 heterocycles. The molecular formula is C18H28N2O5. The third-order valence-corrected chi connectivity index (χ3v) is 5.77. The van der Waals surface area contributed by atoms with Gasteiger partial charge in [-0.2, -0.15) is 0 Å². The number of imide groups is 1. The lowest BCUT2D eigenvalue weighted by molar-refractivity contribution is -0.199. The van der Waals surface area contributed by atoms with Gasteiger partial charge in [-0.3, -0.25) is 14.9 Å². The minimum atomic E-state index is -1.05. The first-order valence-electron chi connectivity index (χ1n) is 9.16. The Balaban J connectivity index is 1.60. The second kappa shape index (κ2) is 6.27. The molecule has 0 saturated heterocycles. The van der Waals surface area contributed by atoms with Crippen molar-refractivity contribution in [3.63, 3.8) is 0 Å². The minimum absolute atomic E-state index is 0.0987. The van der Waals surface area contributed by atoms with Crippen LogP contribution in [0.15, 0.2) is 0 Å². The minimum Gasteiger partial charge on any atom is -0.452 e. The summed E-state index contributed by atoms with van der Waals surface area (Å²) in [7, 11) is 0. The summed E-state index contributed by atoms with van der Waals surface area (Å²) >= 11 is 0. The summed E-state index contributed by atoms with van der Waals surface area (Å²) < 4.78 is 5.41. The van der Waals surface area contributed by atoms with Crippen LogP contribution < -0.4 is 10.6 Å². The van der Waals surface area contributed by atoms with Crippen LogP contribution in [-0.2, 0) is 14.3 Å². The van der Waals surface area contributed by atoms with Gasteiger partial charge in [-0.25, -0.2) is 4.79 Å². The standard InChI is InChI=1S/C18H28N2O5/c1-10(2)19-16(23)20-14(21)11(3)25-15(22)17-5-12-4-13(6-17)8-18(24,7-12)9-17/h10-13,24H,4-9H2,1-3H3,(H2,19,20,21,23)/t11-,12-,13+,17?,18?/m0/s1. The van der Waals surface area contributed by atoms with Crippen molar-refractivity contribution >= 4 is 17.9 Å². The third-order valence-electron chi connectivity index (χ3n) is 5.77. The van der Waals surface area contributed by atoms with Crippen LogP contribution in [0.5, 0.6) is 0 Å². The Morgan fingerprint density at radius 1 is 1.08 bits per heavy atom. The number of aliphatic hydroxyl groups is 1. The lowest BCUT2D eigenvalue weighted by Crippen LogP contribution is -2.59. The van der Waals surface area contributed by atoms with E-state index in [-0.39, 0.29) is 6.04 Å². The number of amides is 3. The van der Waals surface area contributed by atoms with Gasteiger partial charge in [-0.15, -0.1) is 0 Å². The molecule has 2 unspecified atom stereocenters. The van der Waals surface area contributed by atoms with E-state index in [1.165, 1.54) is 6.92 Å². The highest BCUT2D eigenvalue weighted by Gasteiger charge is 2.61. The SMILES string of the molecule is CC(C)NC(=O)NC(=O)[C@H](C)OC(=O)C12C[C@@H]3C[C@@H](CC(O)(C3)C1)C2. The van der Waals surface area contributed by atoms with Crippen molar-refractivity contribution in [2.75, 3.05) is 0 Å². The molecule has 0 radical (unpaired) electrons. The molecule has 4 aliphatic rings. The van der Waals surface area contributed by atoms with Crippen molar-refractivity contribution in [3.8, 4) is 0 Å². The molecule has 4 bridgehead atoms. The number of esters is 1. The first-order valence-corrected chi connectivity index (χ1v) is 9.16. The molecule has 0 aromatic rings. The van der Waals surface area contributed by atoms with E-state index in [2.05, 4.69) is 10.6 Å². The summed E-state index contributed by atoms with van der Waals surface area (Å²) in [6, 6.07) is -0.703. The highest BCUT2D eigenvalue weighted by molar-refractivity contribution is 5.97. The van der Waals surface area contributed by atoms with Gasteiger partial charge < -0.3 is 15.2 Å². The van der Waals surface area contributed by atoms with Gasteiger partial charge in [0.15, 0.2) is 6.10 Å². The van der Waals surface area contributed by atoms with Crippen molar-refractivity contribution in [2.45, 2.75) is 77.0 Å². The molecule has 4 fully saturated rings. The lowest BCUT2D eigenvalue weighted by atomic mass is 9.48. The molecule has 7 nitrogen and oxygen atoms in total. The molecule has 3 N–H and O–H groups in total. The van der Waals surface area contributed by atoms with Gasteiger partial charge in [0.1, 0.15) is 0 Å². The fraction of sp³-hybridized carbons (Fsp3) is 0.833. The summed E-state index contributed by atoms with van der Waals surface area (Å²) in [5.74, 6) is -0.332. The zero-order valence-corrected chi connectivity index (χ0v) is 15.1. The van der Waals surface area contributed by atoms with Gasteiger partial charge in [0.25, 0.3) is 5.91 Å². The fourth-order valence-corrected chi connectivity index (χ4v) is 5.30. The van der Waals surface area contributed by atoms with Gasteiger partial charge in [-0.05, 0) is 71.1 Å². The van der Waals surface area contributed by atoms with Crippen molar-refractivity contribution in [1.82, 2.24) is 10.6 Å². The van der Waals surface area contributed by atoms with Crippen LogP contribution in [0.1, 0.15) is 59.3 Å². The third kappa shape index (κ3) is 3.66.